The van der Waals surface area contributed by atoms with E-state index in [1.807, 2.05) is 36.4 Å². The first-order valence-electron chi connectivity index (χ1n) is 8.84. The zero-order valence-corrected chi connectivity index (χ0v) is 15.5. The number of hydrogen-bond acceptors (Lipinski definition) is 0. The molecule has 0 unspecified atom stereocenters. The summed E-state index contributed by atoms with van der Waals surface area (Å²) in [6, 6.07) is 20.6. The molecule has 130 valence electrons. The fraction of sp³-hybridized carbons (Fsp3) is 0.0769. The van der Waals surface area contributed by atoms with Gasteiger partial charge >= 0.3 is 0 Å². The van der Waals surface area contributed by atoms with Crippen LogP contribution < -0.4 is 0 Å². The lowest BCUT2D eigenvalue weighted by Gasteiger charge is -2.02. The van der Waals surface area contributed by atoms with E-state index in [2.05, 4.69) is 46.4 Å². The predicted octanol–water partition coefficient (Wildman–Crippen LogP) is 6.15. The summed E-state index contributed by atoms with van der Waals surface area (Å²) in [7, 11) is 0. The van der Waals surface area contributed by atoms with Crippen LogP contribution in [0, 0.1) is 36.8 Å². The number of hydrogen-bond donors (Lipinski definition) is 0. The summed E-state index contributed by atoms with van der Waals surface area (Å²) in [4.78, 5) is 6.78. The normalized spacial score (nSPS) is 9.11. The molecule has 3 aromatic rings. The molecule has 0 N–H and O–H groups in total. The van der Waals surface area contributed by atoms with Gasteiger partial charge in [-0.25, -0.2) is 9.69 Å². The fourth-order valence-electron chi connectivity index (χ4n) is 2.61. The van der Waals surface area contributed by atoms with E-state index in [1.54, 1.807) is 24.3 Å². The Morgan fingerprint density at radius 3 is 1.61 bits per heavy atom. The van der Waals surface area contributed by atoms with E-state index < -0.39 is 0 Å². The van der Waals surface area contributed by atoms with Crippen LogP contribution in [0.1, 0.15) is 34.7 Å². The van der Waals surface area contributed by atoms with Gasteiger partial charge in [0.2, 0.25) is 0 Å². The summed E-state index contributed by atoms with van der Waals surface area (Å²) < 4.78 is 0. The van der Waals surface area contributed by atoms with Crippen LogP contribution in [0.15, 0.2) is 66.7 Å². The van der Waals surface area contributed by atoms with E-state index in [9.17, 15) is 0 Å². The molecule has 0 fully saturated rings. The molecular weight excluding hydrogens is 340 g/mol. The Bertz CT molecular complexity index is 1190. The first-order valence-corrected chi connectivity index (χ1v) is 8.84. The van der Waals surface area contributed by atoms with Gasteiger partial charge in [-0.15, -0.1) is 0 Å². The predicted molar refractivity (Wildman–Crippen MR) is 113 cm³/mol. The van der Waals surface area contributed by atoms with Crippen molar-refractivity contribution in [1.29, 1.82) is 0 Å². The van der Waals surface area contributed by atoms with Crippen LogP contribution in [0.4, 0.5) is 11.4 Å². The highest BCUT2D eigenvalue weighted by atomic mass is 14.6. The molecule has 0 spiro atoms. The molecule has 3 rings (SSSR count). The molecule has 0 saturated heterocycles. The molecule has 0 amide bonds. The molecule has 0 bridgehead atoms. The highest BCUT2D eigenvalue weighted by Gasteiger charge is 1.99. The molecule has 0 atom stereocenters. The van der Waals surface area contributed by atoms with Crippen LogP contribution in [0.25, 0.3) is 9.69 Å². The topological polar surface area (TPSA) is 8.72 Å². The van der Waals surface area contributed by atoms with Crippen molar-refractivity contribution >= 4 is 11.4 Å². The van der Waals surface area contributed by atoms with Gasteiger partial charge in [0.1, 0.15) is 0 Å². The van der Waals surface area contributed by atoms with Crippen molar-refractivity contribution in [2.24, 2.45) is 0 Å². The van der Waals surface area contributed by atoms with Crippen molar-refractivity contribution in [2.45, 2.75) is 13.3 Å². The third-order valence-corrected chi connectivity index (χ3v) is 4.17. The molecule has 28 heavy (non-hydrogen) atoms. The smallest absolute Gasteiger partial charge is 0.187 e. The summed E-state index contributed by atoms with van der Waals surface area (Å²) in [5, 5.41) is 0. The van der Waals surface area contributed by atoms with Crippen molar-refractivity contribution < 1.29 is 0 Å². The maximum absolute atomic E-state index is 7.00. The Labute approximate surface area is 166 Å². The van der Waals surface area contributed by atoms with Gasteiger partial charge in [-0.2, -0.15) is 0 Å². The monoisotopic (exact) mass is 356 g/mol. The highest BCUT2D eigenvalue weighted by Crippen LogP contribution is 2.15. The minimum Gasteiger partial charge on any atom is -0.238 e. The van der Waals surface area contributed by atoms with Crippen molar-refractivity contribution in [1.82, 2.24) is 0 Å². The van der Waals surface area contributed by atoms with Gasteiger partial charge < -0.3 is 0 Å². The fourth-order valence-corrected chi connectivity index (χ4v) is 2.61. The zero-order chi connectivity index (χ0) is 19.8. The van der Waals surface area contributed by atoms with Gasteiger partial charge in [0.05, 0.1) is 13.1 Å². The lowest BCUT2D eigenvalue weighted by molar-refractivity contribution is 1.13. The summed E-state index contributed by atoms with van der Waals surface area (Å²) >= 11 is 0. The van der Waals surface area contributed by atoms with Crippen molar-refractivity contribution in [3.05, 3.63) is 117 Å². The van der Waals surface area contributed by atoms with E-state index in [4.69, 9.17) is 13.1 Å². The summed E-state index contributed by atoms with van der Waals surface area (Å²) in [6.45, 7) is 16.1. The van der Waals surface area contributed by atoms with Gasteiger partial charge in [-0.1, -0.05) is 79.1 Å². The molecular formula is C26H16N2. The highest BCUT2D eigenvalue weighted by molar-refractivity contribution is 5.54. The van der Waals surface area contributed by atoms with Crippen molar-refractivity contribution in [3.63, 3.8) is 0 Å². The Balaban J connectivity index is 1.83. The Morgan fingerprint density at radius 1 is 0.643 bits per heavy atom. The molecule has 2 nitrogen and oxygen atoms in total. The minimum absolute atomic E-state index is 0.616. The third kappa shape index (κ3) is 4.68. The number of benzene rings is 3. The molecule has 0 saturated carbocycles. The average Bonchev–Trinajstić information content (AvgIpc) is 2.77. The van der Waals surface area contributed by atoms with E-state index in [1.165, 1.54) is 0 Å². The quantitative estimate of drug-likeness (QED) is 0.365. The summed E-state index contributed by atoms with van der Waals surface area (Å²) in [6.07, 6.45) is 0.871. The summed E-state index contributed by atoms with van der Waals surface area (Å²) in [5.41, 5.74) is 6.09. The Hall–Kier alpha value is -4.24. The van der Waals surface area contributed by atoms with Crippen molar-refractivity contribution in [2.75, 3.05) is 0 Å². The molecule has 0 aliphatic carbocycles. The first kappa shape index (κ1) is 18.5. The van der Waals surface area contributed by atoms with E-state index >= 15 is 0 Å². The number of nitrogens with zero attached hydrogens (tertiary/aromatic N) is 2. The van der Waals surface area contributed by atoms with E-state index in [-0.39, 0.29) is 0 Å². The van der Waals surface area contributed by atoms with E-state index in [0.29, 0.717) is 11.4 Å². The molecule has 0 radical (unpaired) electrons. The molecule has 0 heterocycles. The maximum atomic E-state index is 7.00. The van der Waals surface area contributed by atoms with Gasteiger partial charge in [-0.3, -0.25) is 0 Å². The molecule has 3 aromatic carbocycles. The second kappa shape index (κ2) is 8.92. The minimum atomic E-state index is 0.616. The van der Waals surface area contributed by atoms with Gasteiger partial charge in [0, 0.05) is 22.3 Å². The second-order valence-electron chi connectivity index (χ2n) is 6.04. The molecule has 2 heteroatoms. The van der Waals surface area contributed by atoms with Crippen molar-refractivity contribution in [3.8, 4) is 23.7 Å². The SMILES string of the molecule is [C-]#[N+]c1ccc(C#Cc2ccc(C#Cc3ccc([N+]#[C-])cc3)c(CC)c2)cc1. The molecule has 0 aliphatic rings. The average molecular weight is 356 g/mol. The molecule has 0 aliphatic heterocycles. The third-order valence-electron chi connectivity index (χ3n) is 4.17. The Kier molecular flexibility index (Phi) is 5.91. The largest absolute Gasteiger partial charge is 0.238 e. The number of aryl methyl sites for hydroxylation is 1. The standard InChI is InChI=1S/C26H16N2/c1-4-23-19-22(6-5-20-9-15-25(27-2)16-10-20)8-14-24(23)13-7-21-11-17-26(28-3)18-12-21/h8-12,14-19H,4H2,1H3. The lowest BCUT2D eigenvalue weighted by atomic mass is 10.0. The van der Waals surface area contributed by atoms with E-state index in [0.717, 1.165) is 34.2 Å². The van der Waals surface area contributed by atoms with Gasteiger partial charge in [0.25, 0.3) is 0 Å². The maximum Gasteiger partial charge on any atom is 0.187 e. The van der Waals surface area contributed by atoms with Crippen LogP contribution >= 0.6 is 0 Å². The Morgan fingerprint density at radius 2 is 1.11 bits per heavy atom. The summed E-state index contributed by atoms with van der Waals surface area (Å²) in [5.74, 6) is 12.7. The molecule has 0 aromatic heterocycles. The van der Waals surface area contributed by atoms with Crippen LogP contribution in [0.2, 0.25) is 0 Å². The van der Waals surface area contributed by atoms with Gasteiger partial charge in [-0.05, 0) is 30.2 Å². The second-order valence-corrected chi connectivity index (χ2v) is 6.04. The zero-order valence-electron chi connectivity index (χ0n) is 15.5. The van der Waals surface area contributed by atoms with Crippen LogP contribution in [0.3, 0.4) is 0 Å². The van der Waals surface area contributed by atoms with Gasteiger partial charge in [0.15, 0.2) is 11.4 Å². The van der Waals surface area contributed by atoms with Crippen LogP contribution in [-0.4, -0.2) is 0 Å². The first-order chi connectivity index (χ1) is 13.7. The number of rotatable bonds is 1. The lowest BCUT2D eigenvalue weighted by Crippen LogP contribution is -1.89. The van der Waals surface area contributed by atoms with Crippen LogP contribution in [-0.2, 0) is 6.42 Å². The van der Waals surface area contributed by atoms with Crippen LogP contribution in [0.5, 0.6) is 0 Å².